The van der Waals surface area contributed by atoms with Crippen LogP contribution in [0.3, 0.4) is 0 Å². The molecule has 3 aromatic heterocycles. The first-order chi connectivity index (χ1) is 10.2. The molecule has 0 unspecified atom stereocenters. The van der Waals surface area contributed by atoms with E-state index in [9.17, 15) is 9.59 Å². The van der Waals surface area contributed by atoms with Gasteiger partial charge in [0.05, 0.1) is 12.8 Å². The lowest BCUT2D eigenvalue weighted by molar-refractivity contribution is 0.0946. The molecule has 1 amide bonds. The molecule has 106 valence electrons. The monoisotopic (exact) mass is 283 g/mol. The van der Waals surface area contributed by atoms with Crippen molar-refractivity contribution in [3.63, 3.8) is 0 Å². The molecule has 0 saturated carbocycles. The van der Waals surface area contributed by atoms with Gasteiger partial charge in [0.25, 0.3) is 11.5 Å². The van der Waals surface area contributed by atoms with Gasteiger partial charge in [0.2, 0.25) is 0 Å². The van der Waals surface area contributed by atoms with Crippen LogP contribution in [0.1, 0.15) is 16.1 Å². The summed E-state index contributed by atoms with van der Waals surface area (Å²) in [6.07, 6.45) is 3.14. The molecular formula is C15H13N3O3. The number of carbonyl (C=O) groups is 1. The van der Waals surface area contributed by atoms with Gasteiger partial charge in [0, 0.05) is 18.6 Å². The zero-order valence-corrected chi connectivity index (χ0v) is 11.4. The van der Waals surface area contributed by atoms with Gasteiger partial charge in [-0.05, 0) is 30.3 Å². The highest BCUT2D eigenvalue weighted by molar-refractivity contribution is 5.96. The topological polar surface area (TPSA) is 77.1 Å². The zero-order chi connectivity index (χ0) is 14.8. The molecule has 0 spiro atoms. The number of nitrogens with zero attached hydrogens (tertiary/aromatic N) is 2. The summed E-state index contributed by atoms with van der Waals surface area (Å²) < 4.78 is 6.51. The van der Waals surface area contributed by atoms with Crippen LogP contribution in [0.2, 0.25) is 0 Å². The van der Waals surface area contributed by atoms with Crippen molar-refractivity contribution in [2.75, 3.05) is 0 Å². The Balaban J connectivity index is 1.94. The SMILES string of the molecule is Cn1c(=O)c(C(=O)NCc2ccco2)cc2cccnc21. The fraction of sp³-hybridized carbons (Fsp3) is 0.133. The van der Waals surface area contributed by atoms with Gasteiger partial charge in [-0.1, -0.05) is 0 Å². The van der Waals surface area contributed by atoms with E-state index in [2.05, 4.69) is 10.3 Å². The fourth-order valence-electron chi connectivity index (χ4n) is 2.13. The summed E-state index contributed by atoms with van der Waals surface area (Å²) >= 11 is 0. The molecular weight excluding hydrogens is 270 g/mol. The largest absolute Gasteiger partial charge is 0.467 e. The summed E-state index contributed by atoms with van der Waals surface area (Å²) in [5.41, 5.74) is 0.257. The Labute approximate surface area is 120 Å². The first-order valence-electron chi connectivity index (χ1n) is 6.42. The maximum absolute atomic E-state index is 12.2. The third kappa shape index (κ3) is 2.43. The number of pyridine rings is 2. The van der Waals surface area contributed by atoms with Crippen molar-refractivity contribution in [3.8, 4) is 0 Å². The average Bonchev–Trinajstić information content (AvgIpc) is 3.02. The number of hydrogen-bond acceptors (Lipinski definition) is 4. The number of nitrogens with one attached hydrogen (secondary N) is 1. The minimum atomic E-state index is -0.433. The van der Waals surface area contributed by atoms with Crippen molar-refractivity contribution < 1.29 is 9.21 Å². The number of rotatable bonds is 3. The van der Waals surface area contributed by atoms with Gasteiger partial charge in [-0.25, -0.2) is 4.98 Å². The molecule has 6 heteroatoms. The molecule has 0 aliphatic rings. The number of furan rings is 1. The quantitative estimate of drug-likeness (QED) is 0.789. The predicted molar refractivity (Wildman–Crippen MR) is 76.9 cm³/mol. The third-order valence-electron chi connectivity index (χ3n) is 3.22. The van der Waals surface area contributed by atoms with Crippen LogP contribution >= 0.6 is 0 Å². The summed E-state index contributed by atoms with van der Waals surface area (Å²) in [5.74, 6) is 0.195. The number of aromatic nitrogens is 2. The molecule has 0 atom stereocenters. The molecule has 0 aliphatic carbocycles. The minimum Gasteiger partial charge on any atom is -0.467 e. The molecule has 3 aromatic rings. The van der Waals surface area contributed by atoms with E-state index in [1.165, 1.54) is 10.8 Å². The normalized spacial score (nSPS) is 10.7. The van der Waals surface area contributed by atoms with Gasteiger partial charge < -0.3 is 9.73 Å². The van der Waals surface area contributed by atoms with Crippen molar-refractivity contribution in [2.24, 2.45) is 7.05 Å². The van der Waals surface area contributed by atoms with Crippen LogP contribution in [0.15, 0.2) is 52.0 Å². The third-order valence-corrected chi connectivity index (χ3v) is 3.22. The number of hydrogen-bond donors (Lipinski definition) is 1. The lowest BCUT2D eigenvalue weighted by atomic mass is 10.2. The Morgan fingerprint density at radius 2 is 2.24 bits per heavy atom. The second kappa shape index (κ2) is 5.24. The molecule has 0 radical (unpaired) electrons. The Morgan fingerprint density at radius 1 is 1.38 bits per heavy atom. The van der Waals surface area contributed by atoms with Gasteiger partial charge in [0.15, 0.2) is 0 Å². The maximum Gasteiger partial charge on any atom is 0.264 e. The number of amides is 1. The Hall–Kier alpha value is -2.89. The van der Waals surface area contributed by atoms with E-state index in [1.807, 2.05) is 6.07 Å². The summed E-state index contributed by atoms with van der Waals surface area (Å²) in [7, 11) is 1.60. The van der Waals surface area contributed by atoms with Crippen molar-refractivity contribution in [2.45, 2.75) is 6.54 Å². The van der Waals surface area contributed by atoms with Crippen LogP contribution in [0.25, 0.3) is 11.0 Å². The Morgan fingerprint density at radius 3 is 3.00 bits per heavy atom. The molecule has 0 aromatic carbocycles. The van der Waals surface area contributed by atoms with Gasteiger partial charge in [-0.3, -0.25) is 14.2 Å². The molecule has 0 fully saturated rings. The van der Waals surface area contributed by atoms with Crippen LogP contribution in [0, 0.1) is 0 Å². The molecule has 6 nitrogen and oxygen atoms in total. The van der Waals surface area contributed by atoms with Crippen LogP contribution in [0.5, 0.6) is 0 Å². The standard InChI is InChI=1S/C15H13N3O3/c1-18-13-10(4-2-6-16-13)8-12(15(18)20)14(19)17-9-11-5-3-7-21-11/h2-8H,9H2,1H3,(H,17,19). The van der Waals surface area contributed by atoms with E-state index in [0.29, 0.717) is 11.4 Å². The zero-order valence-electron chi connectivity index (χ0n) is 11.4. The van der Waals surface area contributed by atoms with E-state index in [-0.39, 0.29) is 17.7 Å². The Bertz CT molecular complexity index is 850. The second-order valence-corrected chi connectivity index (χ2v) is 4.60. The smallest absolute Gasteiger partial charge is 0.264 e. The lowest BCUT2D eigenvalue weighted by Gasteiger charge is -2.08. The molecule has 0 bridgehead atoms. The number of fused-ring (bicyclic) bond motifs is 1. The molecule has 0 saturated heterocycles. The number of carbonyl (C=O) groups excluding carboxylic acids is 1. The van der Waals surface area contributed by atoms with Crippen LogP contribution in [-0.2, 0) is 13.6 Å². The first kappa shape index (κ1) is 13.1. The van der Waals surface area contributed by atoms with Crippen LogP contribution in [-0.4, -0.2) is 15.5 Å². The second-order valence-electron chi connectivity index (χ2n) is 4.60. The highest BCUT2D eigenvalue weighted by Gasteiger charge is 2.14. The lowest BCUT2D eigenvalue weighted by Crippen LogP contribution is -2.32. The summed E-state index contributed by atoms with van der Waals surface area (Å²) in [6.45, 7) is 0.236. The molecule has 21 heavy (non-hydrogen) atoms. The van der Waals surface area contributed by atoms with Crippen molar-refractivity contribution in [1.29, 1.82) is 0 Å². The van der Waals surface area contributed by atoms with Crippen molar-refractivity contribution in [1.82, 2.24) is 14.9 Å². The number of aryl methyl sites for hydroxylation is 1. The maximum atomic E-state index is 12.2. The van der Waals surface area contributed by atoms with E-state index in [1.54, 1.807) is 37.5 Å². The van der Waals surface area contributed by atoms with E-state index < -0.39 is 5.91 Å². The van der Waals surface area contributed by atoms with Gasteiger partial charge >= 0.3 is 0 Å². The first-order valence-corrected chi connectivity index (χ1v) is 6.42. The van der Waals surface area contributed by atoms with E-state index in [0.717, 1.165) is 5.39 Å². The van der Waals surface area contributed by atoms with Gasteiger partial charge in [-0.15, -0.1) is 0 Å². The highest BCUT2D eigenvalue weighted by atomic mass is 16.3. The molecule has 3 rings (SSSR count). The van der Waals surface area contributed by atoms with Crippen molar-refractivity contribution in [3.05, 3.63) is 64.5 Å². The Kier molecular flexibility index (Phi) is 3.27. The van der Waals surface area contributed by atoms with Gasteiger partial charge in [0.1, 0.15) is 17.0 Å². The fourth-order valence-corrected chi connectivity index (χ4v) is 2.13. The summed E-state index contributed by atoms with van der Waals surface area (Å²) in [4.78, 5) is 28.5. The summed E-state index contributed by atoms with van der Waals surface area (Å²) in [6, 6.07) is 8.62. The van der Waals surface area contributed by atoms with E-state index in [4.69, 9.17) is 4.42 Å². The molecule has 0 aliphatic heterocycles. The predicted octanol–water partition coefficient (Wildman–Crippen LogP) is 1.46. The highest BCUT2D eigenvalue weighted by Crippen LogP contribution is 2.09. The van der Waals surface area contributed by atoms with E-state index >= 15 is 0 Å². The van der Waals surface area contributed by atoms with Crippen LogP contribution in [0.4, 0.5) is 0 Å². The summed E-state index contributed by atoms with van der Waals surface area (Å²) in [5, 5.41) is 3.41. The van der Waals surface area contributed by atoms with Crippen LogP contribution < -0.4 is 10.9 Å². The van der Waals surface area contributed by atoms with Crippen molar-refractivity contribution >= 4 is 16.9 Å². The molecule has 3 heterocycles. The molecule has 1 N–H and O–H groups in total. The average molecular weight is 283 g/mol. The minimum absolute atomic E-state index is 0.0876. The van der Waals surface area contributed by atoms with Gasteiger partial charge in [-0.2, -0.15) is 0 Å².